The normalized spacial score (nSPS) is 14.5. The van der Waals surface area contributed by atoms with E-state index in [-0.39, 0.29) is 25.5 Å². The van der Waals surface area contributed by atoms with E-state index in [1.807, 2.05) is 36.4 Å². The summed E-state index contributed by atoms with van der Waals surface area (Å²) in [5, 5.41) is 24.0. The summed E-state index contributed by atoms with van der Waals surface area (Å²) in [4.78, 5) is 35.5. The molecular weight excluding hydrogens is 424 g/mol. The van der Waals surface area contributed by atoms with Crippen LogP contribution in [0.15, 0.2) is 48.5 Å². The molecule has 4 N–H and O–H groups in total. The van der Waals surface area contributed by atoms with Gasteiger partial charge >= 0.3 is 12.1 Å². The number of alkyl carbamates (subject to hydrolysis) is 1. The second-order valence-electron chi connectivity index (χ2n) is 9.36. The van der Waals surface area contributed by atoms with E-state index in [4.69, 9.17) is 9.84 Å². The molecule has 1 atom stereocenters. The fourth-order valence-electron chi connectivity index (χ4n) is 4.10. The highest BCUT2D eigenvalue weighted by atomic mass is 16.5. The molecule has 0 saturated heterocycles. The third kappa shape index (κ3) is 6.32. The van der Waals surface area contributed by atoms with E-state index in [0.29, 0.717) is 0 Å². The number of nitrogens with one attached hydrogen (secondary N) is 2. The van der Waals surface area contributed by atoms with Crippen molar-refractivity contribution >= 4 is 18.0 Å². The molecule has 2 aromatic rings. The molecule has 0 radical (unpaired) electrons. The van der Waals surface area contributed by atoms with Crippen LogP contribution in [0.25, 0.3) is 11.1 Å². The van der Waals surface area contributed by atoms with Crippen molar-refractivity contribution in [3.8, 4) is 11.1 Å². The number of carbonyl (C=O) groups is 3. The molecule has 0 spiro atoms. The zero-order chi connectivity index (χ0) is 24.2. The standard InChI is InChI=1S/C25H30N2O6/c1-24(2,12-21(28)26-15-25(3,32)13-22(29)30)27-23(31)33-14-20-18-10-6-4-8-16(18)17-9-5-7-11-19(17)20/h4-11,20,32H,12-15H2,1-3H3,(H,26,28)(H,27,31)(H,29,30). The van der Waals surface area contributed by atoms with Crippen LogP contribution in [0.1, 0.15) is 50.7 Å². The van der Waals surface area contributed by atoms with Gasteiger partial charge in [-0.3, -0.25) is 9.59 Å². The third-order valence-electron chi connectivity index (χ3n) is 5.59. The first kappa shape index (κ1) is 24.3. The Morgan fingerprint density at radius 2 is 1.48 bits per heavy atom. The van der Waals surface area contributed by atoms with E-state index in [0.717, 1.165) is 22.3 Å². The van der Waals surface area contributed by atoms with Crippen molar-refractivity contribution in [2.24, 2.45) is 0 Å². The smallest absolute Gasteiger partial charge is 0.407 e. The van der Waals surface area contributed by atoms with E-state index < -0.39 is 35.5 Å². The molecule has 0 aromatic heterocycles. The highest BCUT2D eigenvalue weighted by Gasteiger charge is 2.31. The Kier molecular flexibility index (Phi) is 7.07. The first-order chi connectivity index (χ1) is 15.5. The van der Waals surface area contributed by atoms with Gasteiger partial charge in [-0.25, -0.2) is 4.79 Å². The van der Waals surface area contributed by atoms with Crippen LogP contribution in [-0.4, -0.2) is 52.5 Å². The first-order valence-corrected chi connectivity index (χ1v) is 10.8. The van der Waals surface area contributed by atoms with Crippen LogP contribution in [0.4, 0.5) is 4.79 Å². The Hall–Kier alpha value is -3.39. The number of hydrogen-bond acceptors (Lipinski definition) is 5. The lowest BCUT2D eigenvalue weighted by Crippen LogP contribution is -2.49. The van der Waals surface area contributed by atoms with Crippen LogP contribution in [0, 0.1) is 0 Å². The topological polar surface area (TPSA) is 125 Å². The largest absolute Gasteiger partial charge is 0.481 e. The minimum atomic E-state index is -1.56. The van der Waals surface area contributed by atoms with Crippen molar-refractivity contribution in [1.82, 2.24) is 10.6 Å². The van der Waals surface area contributed by atoms with Gasteiger partial charge in [-0.15, -0.1) is 0 Å². The van der Waals surface area contributed by atoms with Crippen molar-refractivity contribution in [3.63, 3.8) is 0 Å². The third-order valence-corrected chi connectivity index (χ3v) is 5.59. The zero-order valence-electron chi connectivity index (χ0n) is 19.1. The lowest BCUT2D eigenvalue weighted by Gasteiger charge is -2.27. The van der Waals surface area contributed by atoms with Crippen molar-refractivity contribution in [1.29, 1.82) is 0 Å². The number of hydrogen-bond donors (Lipinski definition) is 4. The van der Waals surface area contributed by atoms with Gasteiger partial charge in [-0.2, -0.15) is 0 Å². The Morgan fingerprint density at radius 1 is 0.939 bits per heavy atom. The molecule has 8 heteroatoms. The van der Waals surface area contributed by atoms with Crippen molar-refractivity contribution in [2.45, 2.75) is 50.7 Å². The molecule has 3 rings (SSSR count). The maximum atomic E-state index is 12.5. The molecule has 0 aliphatic heterocycles. The number of benzene rings is 2. The maximum absolute atomic E-state index is 12.5. The van der Waals surface area contributed by atoms with Gasteiger partial charge in [-0.05, 0) is 43.0 Å². The number of ether oxygens (including phenoxy) is 1. The predicted octanol–water partition coefficient (Wildman–Crippen LogP) is 3.04. The van der Waals surface area contributed by atoms with Crippen LogP contribution in [0.5, 0.6) is 0 Å². The van der Waals surface area contributed by atoms with E-state index >= 15 is 0 Å². The number of aliphatic carboxylic acids is 1. The summed E-state index contributed by atoms with van der Waals surface area (Å²) in [6.07, 6.45) is -1.19. The number of fused-ring (bicyclic) bond motifs is 3. The summed E-state index contributed by atoms with van der Waals surface area (Å²) in [7, 11) is 0. The van der Waals surface area contributed by atoms with Crippen LogP contribution in [-0.2, 0) is 14.3 Å². The lowest BCUT2D eigenvalue weighted by molar-refractivity contribution is -0.142. The monoisotopic (exact) mass is 454 g/mol. The number of rotatable bonds is 9. The van der Waals surface area contributed by atoms with Gasteiger partial charge in [0, 0.05) is 24.4 Å². The fraction of sp³-hybridized carbons (Fsp3) is 0.400. The molecule has 0 fully saturated rings. The minimum Gasteiger partial charge on any atom is -0.481 e. The number of aliphatic hydroxyl groups is 1. The predicted molar refractivity (Wildman–Crippen MR) is 123 cm³/mol. The molecule has 2 amide bonds. The fourth-order valence-corrected chi connectivity index (χ4v) is 4.10. The minimum absolute atomic E-state index is 0.0639. The highest BCUT2D eigenvalue weighted by Crippen LogP contribution is 2.44. The molecule has 8 nitrogen and oxygen atoms in total. The molecule has 176 valence electrons. The van der Waals surface area contributed by atoms with Gasteiger partial charge in [0.05, 0.1) is 12.0 Å². The summed E-state index contributed by atoms with van der Waals surface area (Å²) in [5.74, 6) is -1.65. The van der Waals surface area contributed by atoms with E-state index in [2.05, 4.69) is 22.8 Å². The summed E-state index contributed by atoms with van der Waals surface area (Å²) < 4.78 is 5.53. The van der Waals surface area contributed by atoms with E-state index in [9.17, 15) is 19.5 Å². The van der Waals surface area contributed by atoms with E-state index in [1.54, 1.807) is 13.8 Å². The number of carbonyl (C=O) groups excluding carboxylic acids is 2. The van der Waals surface area contributed by atoms with Crippen molar-refractivity contribution < 1.29 is 29.3 Å². The Labute approximate surface area is 193 Å². The summed E-state index contributed by atoms with van der Waals surface area (Å²) >= 11 is 0. The lowest BCUT2D eigenvalue weighted by atomic mass is 9.98. The zero-order valence-corrected chi connectivity index (χ0v) is 19.1. The molecule has 1 unspecified atom stereocenters. The number of amides is 2. The average molecular weight is 455 g/mol. The number of carboxylic acids is 1. The Bertz CT molecular complexity index is 1000. The van der Waals surface area contributed by atoms with Gasteiger partial charge in [0.2, 0.25) is 5.91 Å². The number of carboxylic acid groups (broad SMARTS) is 1. The van der Waals surface area contributed by atoms with Gasteiger partial charge in [0.1, 0.15) is 6.61 Å². The maximum Gasteiger partial charge on any atom is 0.407 e. The molecule has 1 aliphatic rings. The van der Waals surface area contributed by atoms with Gasteiger partial charge in [0.15, 0.2) is 0 Å². The van der Waals surface area contributed by atoms with Crippen LogP contribution < -0.4 is 10.6 Å². The van der Waals surface area contributed by atoms with Crippen molar-refractivity contribution in [2.75, 3.05) is 13.2 Å². The molecule has 1 aliphatic carbocycles. The molecule has 0 heterocycles. The van der Waals surface area contributed by atoms with Gasteiger partial charge in [-0.1, -0.05) is 48.5 Å². The van der Waals surface area contributed by atoms with E-state index in [1.165, 1.54) is 6.92 Å². The van der Waals surface area contributed by atoms with Gasteiger partial charge < -0.3 is 25.6 Å². The Balaban J connectivity index is 1.53. The SMILES string of the molecule is CC(O)(CNC(=O)CC(C)(C)NC(=O)OCC1c2ccccc2-c2ccccc21)CC(=O)O. The second-order valence-corrected chi connectivity index (χ2v) is 9.36. The Morgan fingerprint density at radius 3 is 2.03 bits per heavy atom. The second kappa shape index (κ2) is 9.62. The van der Waals surface area contributed by atoms with Crippen LogP contribution in [0.2, 0.25) is 0 Å². The molecular formula is C25H30N2O6. The van der Waals surface area contributed by atoms with Crippen molar-refractivity contribution in [3.05, 3.63) is 59.7 Å². The quantitative estimate of drug-likeness (QED) is 0.462. The van der Waals surface area contributed by atoms with Gasteiger partial charge in [0.25, 0.3) is 0 Å². The summed E-state index contributed by atoms with van der Waals surface area (Å²) in [6.45, 7) is 4.66. The van der Waals surface area contributed by atoms with Crippen LogP contribution in [0.3, 0.4) is 0 Å². The summed E-state index contributed by atoms with van der Waals surface area (Å²) in [5.41, 5.74) is 2.02. The molecule has 0 saturated carbocycles. The highest BCUT2D eigenvalue weighted by molar-refractivity contribution is 5.80. The molecule has 2 aromatic carbocycles. The molecule has 0 bridgehead atoms. The average Bonchev–Trinajstić information content (AvgIpc) is 3.03. The molecule has 33 heavy (non-hydrogen) atoms. The summed E-state index contributed by atoms with van der Waals surface area (Å²) in [6, 6.07) is 16.1. The first-order valence-electron chi connectivity index (χ1n) is 10.8. The van der Waals surface area contributed by atoms with Crippen LogP contribution >= 0.6 is 0 Å².